The van der Waals surface area contributed by atoms with Crippen LogP contribution in [0.5, 0.6) is 11.5 Å². The van der Waals surface area contributed by atoms with Crippen molar-refractivity contribution in [3.63, 3.8) is 0 Å². The standard InChI is InChI=1S/C30H26BrFO5/c1-29(2)14-12-20-23(37-29)16-24-25(26(20)33)27(34)21(28(36-24)19-6-4-5-7-22(19)31)13-15-30(3,35)17-8-10-18(32)11-9-17/h4-12,14,16,33,35H,13,15H2,1-3H3. The van der Waals surface area contributed by atoms with Gasteiger partial charge in [-0.25, -0.2) is 4.39 Å². The van der Waals surface area contributed by atoms with Crippen molar-refractivity contribution < 1.29 is 23.8 Å². The highest BCUT2D eigenvalue weighted by Gasteiger charge is 2.30. The molecule has 0 aliphatic carbocycles. The molecule has 0 fully saturated rings. The third-order valence-electron chi connectivity index (χ3n) is 6.72. The lowest BCUT2D eigenvalue weighted by Crippen LogP contribution is -2.27. The van der Waals surface area contributed by atoms with Gasteiger partial charge in [-0.15, -0.1) is 0 Å². The van der Waals surface area contributed by atoms with Crippen molar-refractivity contribution in [1.29, 1.82) is 0 Å². The molecule has 1 aliphatic heterocycles. The van der Waals surface area contributed by atoms with Crippen molar-refractivity contribution in [2.75, 3.05) is 0 Å². The summed E-state index contributed by atoms with van der Waals surface area (Å²) >= 11 is 3.55. The van der Waals surface area contributed by atoms with Crippen LogP contribution < -0.4 is 10.2 Å². The first-order chi connectivity index (χ1) is 17.5. The van der Waals surface area contributed by atoms with Crippen molar-refractivity contribution >= 4 is 33.0 Å². The van der Waals surface area contributed by atoms with Crippen molar-refractivity contribution in [3.8, 4) is 22.8 Å². The van der Waals surface area contributed by atoms with Crippen LogP contribution >= 0.6 is 15.9 Å². The van der Waals surface area contributed by atoms with E-state index in [1.807, 2.05) is 44.2 Å². The summed E-state index contributed by atoms with van der Waals surface area (Å²) in [6.45, 7) is 5.41. The third kappa shape index (κ3) is 4.69. The van der Waals surface area contributed by atoms with Gasteiger partial charge < -0.3 is 19.4 Å². The van der Waals surface area contributed by atoms with E-state index < -0.39 is 17.0 Å². The summed E-state index contributed by atoms with van der Waals surface area (Å²) in [6.07, 6.45) is 3.87. The lowest BCUT2D eigenvalue weighted by Gasteiger charge is -2.28. The fraction of sp³-hybridized carbons (Fsp3) is 0.233. The average molecular weight is 565 g/mol. The first-order valence-electron chi connectivity index (χ1n) is 11.9. The van der Waals surface area contributed by atoms with E-state index in [4.69, 9.17) is 9.15 Å². The van der Waals surface area contributed by atoms with Crippen LogP contribution in [0.25, 0.3) is 28.4 Å². The largest absolute Gasteiger partial charge is 0.506 e. The highest BCUT2D eigenvalue weighted by molar-refractivity contribution is 9.10. The zero-order valence-corrected chi connectivity index (χ0v) is 22.2. The molecule has 0 spiro atoms. The molecule has 1 unspecified atom stereocenters. The number of hydrogen-bond acceptors (Lipinski definition) is 5. The monoisotopic (exact) mass is 564 g/mol. The van der Waals surface area contributed by atoms with E-state index in [1.165, 1.54) is 24.3 Å². The van der Waals surface area contributed by atoms with Crippen LogP contribution in [0.1, 0.15) is 43.9 Å². The van der Waals surface area contributed by atoms with E-state index in [2.05, 4.69) is 15.9 Å². The van der Waals surface area contributed by atoms with E-state index in [0.717, 1.165) is 4.47 Å². The lowest BCUT2D eigenvalue weighted by molar-refractivity contribution is 0.0479. The van der Waals surface area contributed by atoms with Gasteiger partial charge in [-0.3, -0.25) is 4.79 Å². The Labute approximate surface area is 222 Å². The summed E-state index contributed by atoms with van der Waals surface area (Å²) in [5.41, 5.74) is -0.174. The number of phenolic OH excluding ortho intramolecular Hbond substituents is 1. The molecule has 4 aromatic rings. The SMILES string of the molecule is CC1(C)C=Cc2c(cc3oc(-c4ccccc4Br)c(CCC(C)(O)c4ccc(F)cc4)c(=O)c3c2O)O1. The molecule has 2 N–H and O–H groups in total. The molecule has 0 bridgehead atoms. The summed E-state index contributed by atoms with van der Waals surface area (Å²) in [5.74, 6) is 0.153. The molecular formula is C30H26BrFO5. The Morgan fingerprint density at radius 2 is 1.81 bits per heavy atom. The smallest absolute Gasteiger partial charge is 0.200 e. The van der Waals surface area contributed by atoms with Gasteiger partial charge in [-0.1, -0.05) is 46.3 Å². The van der Waals surface area contributed by atoms with Gasteiger partial charge in [0.15, 0.2) is 5.43 Å². The van der Waals surface area contributed by atoms with Crippen LogP contribution in [0.2, 0.25) is 0 Å². The Kier molecular flexibility index (Phi) is 6.24. The van der Waals surface area contributed by atoms with Gasteiger partial charge in [-0.05, 0) is 69.5 Å². The zero-order chi connectivity index (χ0) is 26.5. The molecule has 0 radical (unpaired) electrons. The summed E-state index contributed by atoms with van der Waals surface area (Å²) < 4.78 is 26.5. The number of rotatable bonds is 5. The second-order valence-corrected chi connectivity index (χ2v) is 10.9. The van der Waals surface area contributed by atoms with Crippen LogP contribution in [-0.4, -0.2) is 15.8 Å². The topological polar surface area (TPSA) is 79.9 Å². The van der Waals surface area contributed by atoms with E-state index in [0.29, 0.717) is 33.8 Å². The van der Waals surface area contributed by atoms with Crippen molar-refractivity contribution in [1.82, 2.24) is 0 Å². The molecule has 7 heteroatoms. The fourth-order valence-electron chi connectivity index (χ4n) is 4.62. The number of phenols is 1. The molecule has 1 aliphatic rings. The van der Waals surface area contributed by atoms with Gasteiger partial charge in [0, 0.05) is 21.7 Å². The zero-order valence-electron chi connectivity index (χ0n) is 20.6. The summed E-state index contributed by atoms with van der Waals surface area (Å²) in [6, 6.07) is 14.6. The van der Waals surface area contributed by atoms with Crippen LogP contribution in [0, 0.1) is 5.82 Å². The quantitative estimate of drug-likeness (QED) is 0.270. The second kappa shape index (κ2) is 9.15. The molecule has 0 saturated carbocycles. The minimum absolute atomic E-state index is 0.0546. The Hall–Kier alpha value is -3.42. The summed E-state index contributed by atoms with van der Waals surface area (Å²) in [4.78, 5) is 13.9. The van der Waals surface area contributed by atoms with Crippen molar-refractivity contribution in [2.24, 2.45) is 0 Å². The van der Waals surface area contributed by atoms with Crippen LogP contribution in [0.15, 0.2) is 74.4 Å². The number of aliphatic hydroxyl groups is 1. The second-order valence-electron chi connectivity index (χ2n) is 10.0. The van der Waals surface area contributed by atoms with Crippen LogP contribution in [0.4, 0.5) is 4.39 Å². The van der Waals surface area contributed by atoms with E-state index >= 15 is 0 Å². The number of fused-ring (bicyclic) bond motifs is 2. The number of benzene rings is 3. The molecule has 0 saturated heterocycles. The maximum absolute atomic E-state index is 13.9. The highest BCUT2D eigenvalue weighted by atomic mass is 79.9. The molecule has 190 valence electrons. The molecular weight excluding hydrogens is 539 g/mol. The predicted molar refractivity (Wildman–Crippen MR) is 145 cm³/mol. The van der Waals surface area contributed by atoms with Crippen molar-refractivity contribution in [2.45, 2.75) is 44.8 Å². The number of halogens is 2. The molecule has 5 nitrogen and oxygen atoms in total. The minimum atomic E-state index is -1.33. The Bertz CT molecular complexity index is 1600. The molecule has 37 heavy (non-hydrogen) atoms. The predicted octanol–water partition coefficient (Wildman–Crippen LogP) is 7.09. The van der Waals surface area contributed by atoms with Crippen LogP contribution in [0.3, 0.4) is 0 Å². The number of ether oxygens (including phenoxy) is 1. The maximum atomic E-state index is 13.9. The normalized spacial score (nSPS) is 15.7. The average Bonchev–Trinajstić information content (AvgIpc) is 2.83. The first-order valence-corrected chi connectivity index (χ1v) is 12.7. The fourth-order valence-corrected chi connectivity index (χ4v) is 5.09. The van der Waals surface area contributed by atoms with Gasteiger partial charge >= 0.3 is 0 Å². The van der Waals surface area contributed by atoms with E-state index in [9.17, 15) is 19.4 Å². The Balaban J connectivity index is 1.69. The Morgan fingerprint density at radius 1 is 1.11 bits per heavy atom. The van der Waals surface area contributed by atoms with Gasteiger partial charge in [0.1, 0.15) is 39.6 Å². The molecule has 0 amide bonds. The molecule has 5 rings (SSSR count). The van der Waals surface area contributed by atoms with Gasteiger partial charge in [0.25, 0.3) is 0 Å². The van der Waals surface area contributed by atoms with Crippen LogP contribution in [-0.2, 0) is 12.0 Å². The minimum Gasteiger partial charge on any atom is -0.506 e. The van der Waals surface area contributed by atoms with E-state index in [1.54, 1.807) is 19.1 Å². The Morgan fingerprint density at radius 3 is 2.51 bits per heavy atom. The van der Waals surface area contributed by atoms with Gasteiger partial charge in [-0.2, -0.15) is 0 Å². The van der Waals surface area contributed by atoms with Crippen molar-refractivity contribution in [3.05, 3.63) is 97.9 Å². The molecule has 2 heterocycles. The molecule has 1 aromatic heterocycles. The van der Waals surface area contributed by atoms with Gasteiger partial charge in [0.2, 0.25) is 0 Å². The maximum Gasteiger partial charge on any atom is 0.200 e. The van der Waals surface area contributed by atoms with Gasteiger partial charge in [0.05, 0.1) is 11.2 Å². The molecule has 1 atom stereocenters. The summed E-state index contributed by atoms with van der Waals surface area (Å²) in [7, 11) is 0. The number of hydrogen-bond donors (Lipinski definition) is 2. The number of aromatic hydroxyl groups is 1. The first kappa shape index (κ1) is 25.2. The third-order valence-corrected chi connectivity index (χ3v) is 7.42. The molecule has 3 aromatic carbocycles. The summed E-state index contributed by atoms with van der Waals surface area (Å²) in [5, 5.41) is 22.4. The highest BCUT2D eigenvalue weighted by Crippen LogP contribution is 2.43. The van der Waals surface area contributed by atoms with E-state index in [-0.39, 0.29) is 35.0 Å². The lowest BCUT2D eigenvalue weighted by atomic mass is 9.88.